The predicted molar refractivity (Wildman–Crippen MR) is 85.4 cm³/mol. The first-order valence-electron chi connectivity index (χ1n) is 6.69. The largest absolute Gasteiger partial charge is 0.495 e. The number of halogens is 1. The Labute approximate surface area is 137 Å². The van der Waals surface area contributed by atoms with Gasteiger partial charge in [-0.05, 0) is 6.92 Å². The van der Waals surface area contributed by atoms with Crippen LogP contribution in [0.5, 0.6) is 11.5 Å². The van der Waals surface area contributed by atoms with Gasteiger partial charge < -0.3 is 14.8 Å². The lowest BCUT2D eigenvalue weighted by Crippen LogP contribution is -2.29. The summed E-state index contributed by atoms with van der Waals surface area (Å²) >= 11 is 6.01. The van der Waals surface area contributed by atoms with Crippen LogP contribution in [0.3, 0.4) is 0 Å². The van der Waals surface area contributed by atoms with E-state index >= 15 is 0 Å². The van der Waals surface area contributed by atoms with Crippen LogP contribution in [0.4, 0.5) is 5.69 Å². The van der Waals surface area contributed by atoms with Gasteiger partial charge in [-0.25, -0.2) is 9.48 Å². The summed E-state index contributed by atoms with van der Waals surface area (Å²) in [6.45, 7) is 1.47. The topological polar surface area (TPSA) is 87.4 Å². The molecular weight excluding hydrogens is 324 g/mol. The van der Waals surface area contributed by atoms with Gasteiger partial charge in [-0.2, -0.15) is 5.10 Å². The number of ether oxygens (including phenoxy) is 2. The molecule has 23 heavy (non-hydrogen) atoms. The second kappa shape index (κ2) is 6.74. The van der Waals surface area contributed by atoms with Crippen LogP contribution in [0.25, 0.3) is 0 Å². The van der Waals surface area contributed by atoms with Crippen molar-refractivity contribution in [2.45, 2.75) is 13.5 Å². The average Bonchev–Trinajstić information content (AvgIpc) is 2.75. The highest BCUT2D eigenvalue weighted by Crippen LogP contribution is 2.35. The maximum atomic E-state index is 12.2. The molecule has 0 aliphatic heterocycles. The Morgan fingerprint density at radius 3 is 2.48 bits per heavy atom. The summed E-state index contributed by atoms with van der Waals surface area (Å²) in [6.07, 6.45) is 0. The summed E-state index contributed by atoms with van der Waals surface area (Å²) in [5.74, 6) is 0.878. The molecule has 1 aromatic heterocycles. The van der Waals surface area contributed by atoms with E-state index in [0.717, 1.165) is 4.68 Å². The average molecular weight is 341 g/mol. The molecule has 8 nitrogen and oxygen atoms in total. The van der Waals surface area contributed by atoms with Crippen LogP contribution in [-0.4, -0.2) is 34.5 Å². The van der Waals surface area contributed by atoms with E-state index in [4.69, 9.17) is 21.1 Å². The number of aryl methyl sites for hydroxylation is 1. The van der Waals surface area contributed by atoms with Gasteiger partial charge in [0.1, 0.15) is 23.9 Å². The Bertz CT molecular complexity index is 797. The molecule has 0 atom stereocenters. The molecule has 0 saturated heterocycles. The fourth-order valence-corrected chi connectivity index (χ4v) is 2.21. The van der Waals surface area contributed by atoms with Crippen molar-refractivity contribution in [1.82, 2.24) is 14.3 Å². The number of amides is 1. The molecule has 1 aromatic carbocycles. The number of nitrogens with one attached hydrogen (secondary N) is 1. The molecule has 1 N–H and O–H groups in total. The molecule has 0 spiro atoms. The molecule has 0 fully saturated rings. The first-order chi connectivity index (χ1) is 10.9. The van der Waals surface area contributed by atoms with E-state index in [1.165, 1.54) is 24.9 Å². The second-order valence-electron chi connectivity index (χ2n) is 4.78. The molecule has 2 aromatic rings. The Morgan fingerprint density at radius 2 is 1.96 bits per heavy atom. The van der Waals surface area contributed by atoms with E-state index in [1.807, 2.05) is 0 Å². The summed E-state index contributed by atoms with van der Waals surface area (Å²) in [7, 11) is 4.52. The first-order valence-corrected chi connectivity index (χ1v) is 7.07. The SMILES string of the molecule is COc1cc(NC(=O)Cn2nc(C)n(C)c2=O)c(OC)cc1Cl. The molecular formula is C14H17ClN4O4. The number of hydrogen-bond acceptors (Lipinski definition) is 5. The van der Waals surface area contributed by atoms with E-state index < -0.39 is 5.91 Å². The molecule has 0 unspecified atom stereocenters. The minimum atomic E-state index is -0.423. The summed E-state index contributed by atoms with van der Waals surface area (Å²) in [4.78, 5) is 24.0. The number of nitrogens with zero attached hydrogens (tertiary/aromatic N) is 3. The molecule has 2 rings (SSSR count). The number of benzene rings is 1. The third-order valence-corrected chi connectivity index (χ3v) is 3.60. The normalized spacial score (nSPS) is 10.5. The second-order valence-corrected chi connectivity index (χ2v) is 5.19. The Balaban J connectivity index is 2.23. The number of methoxy groups -OCH3 is 2. The fourth-order valence-electron chi connectivity index (χ4n) is 1.98. The van der Waals surface area contributed by atoms with E-state index in [2.05, 4.69) is 10.4 Å². The summed E-state index contributed by atoms with van der Waals surface area (Å²) in [6, 6.07) is 3.08. The zero-order chi connectivity index (χ0) is 17.1. The number of carbonyl (C=O) groups excluding carboxylic acids is 1. The number of hydrogen-bond donors (Lipinski definition) is 1. The Kier molecular flexibility index (Phi) is 4.95. The van der Waals surface area contributed by atoms with Crippen LogP contribution in [0.1, 0.15) is 5.82 Å². The minimum absolute atomic E-state index is 0.214. The Morgan fingerprint density at radius 1 is 1.30 bits per heavy atom. The maximum Gasteiger partial charge on any atom is 0.346 e. The van der Waals surface area contributed by atoms with Gasteiger partial charge in [0, 0.05) is 19.2 Å². The zero-order valence-electron chi connectivity index (χ0n) is 13.2. The third kappa shape index (κ3) is 3.48. The lowest BCUT2D eigenvalue weighted by Gasteiger charge is -2.13. The van der Waals surface area contributed by atoms with Crippen molar-refractivity contribution in [2.75, 3.05) is 19.5 Å². The monoisotopic (exact) mass is 340 g/mol. The van der Waals surface area contributed by atoms with Crippen LogP contribution in [-0.2, 0) is 18.4 Å². The van der Waals surface area contributed by atoms with Gasteiger partial charge in [-0.1, -0.05) is 11.6 Å². The summed E-state index contributed by atoms with van der Waals surface area (Å²) in [5, 5.41) is 7.03. The first kappa shape index (κ1) is 16.9. The number of rotatable bonds is 5. The molecule has 1 heterocycles. The number of carbonyl (C=O) groups is 1. The highest BCUT2D eigenvalue weighted by molar-refractivity contribution is 6.32. The van der Waals surface area contributed by atoms with Gasteiger partial charge in [0.2, 0.25) is 5.91 Å². The van der Waals surface area contributed by atoms with Crippen LogP contribution >= 0.6 is 11.6 Å². The molecule has 1 amide bonds. The minimum Gasteiger partial charge on any atom is -0.495 e. The van der Waals surface area contributed by atoms with Crippen molar-refractivity contribution in [3.8, 4) is 11.5 Å². The van der Waals surface area contributed by atoms with E-state index in [1.54, 1.807) is 20.0 Å². The fraction of sp³-hybridized carbons (Fsp3) is 0.357. The lowest BCUT2D eigenvalue weighted by atomic mass is 10.2. The third-order valence-electron chi connectivity index (χ3n) is 3.30. The highest BCUT2D eigenvalue weighted by Gasteiger charge is 2.15. The van der Waals surface area contributed by atoms with E-state index in [-0.39, 0.29) is 12.2 Å². The molecule has 124 valence electrons. The van der Waals surface area contributed by atoms with E-state index in [9.17, 15) is 9.59 Å². The molecule has 0 radical (unpaired) electrons. The van der Waals surface area contributed by atoms with Gasteiger partial charge in [-0.3, -0.25) is 9.36 Å². The van der Waals surface area contributed by atoms with E-state index in [0.29, 0.717) is 28.0 Å². The van der Waals surface area contributed by atoms with Crippen molar-refractivity contribution in [2.24, 2.45) is 7.05 Å². The van der Waals surface area contributed by atoms with Crippen molar-refractivity contribution in [3.63, 3.8) is 0 Å². The smallest absolute Gasteiger partial charge is 0.346 e. The van der Waals surface area contributed by atoms with Crippen molar-refractivity contribution < 1.29 is 14.3 Å². The Hall–Kier alpha value is -2.48. The zero-order valence-corrected chi connectivity index (χ0v) is 14.0. The van der Waals surface area contributed by atoms with Gasteiger partial charge in [-0.15, -0.1) is 0 Å². The summed E-state index contributed by atoms with van der Waals surface area (Å²) in [5.41, 5.74) is 0.0257. The van der Waals surface area contributed by atoms with Crippen LogP contribution in [0.2, 0.25) is 5.02 Å². The van der Waals surface area contributed by atoms with Crippen LogP contribution in [0, 0.1) is 6.92 Å². The number of anilines is 1. The van der Waals surface area contributed by atoms with Crippen LogP contribution < -0.4 is 20.5 Å². The van der Waals surface area contributed by atoms with Gasteiger partial charge >= 0.3 is 5.69 Å². The van der Waals surface area contributed by atoms with Crippen LogP contribution in [0.15, 0.2) is 16.9 Å². The maximum absolute atomic E-state index is 12.2. The number of aromatic nitrogens is 3. The lowest BCUT2D eigenvalue weighted by molar-refractivity contribution is -0.117. The van der Waals surface area contributed by atoms with Gasteiger partial charge in [0.25, 0.3) is 0 Å². The van der Waals surface area contributed by atoms with Crippen molar-refractivity contribution in [3.05, 3.63) is 33.5 Å². The van der Waals surface area contributed by atoms with Crippen molar-refractivity contribution in [1.29, 1.82) is 0 Å². The molecule has 0 aliphatic carbocycles. The molecule has 0 aliphatic rings. The molecule has 0 bridgehead atoms. The van der Waals surface area contributed by atoms with Crippen molar-refractivity contribution >= 4 is 23.2 Å². The van der Waals surface area contributed by atoms with Gasteiger partial charge in [0.15, 0.2) is 0 Å². The summed E-state index contributed by atoms with van der Waals surface area (Å²) < 4.78 is 12.7. The quantitative estimate of drug-likeness (QED) is 0.883. The van der Waals surface area contributed by atoms with Gasteiger partial charge in [0.05, 0.1) is 24.9 Å². The predicted octanol–water partition coefficient (Wildman–Crippen LogP) is 1.20. The highest BCUT2D eigenvalue weighted by atomic mass is 35.5. The standard InChI is InChI=1S/C14H17ClN4O4/c1-8-17-19(14(21)18(8)2)7-13(20)16-10-6-11(22-3)9(15)5-12(10)23-4/h5-6H,7H2,1-4H3,(H,16,20). The molecule has 9 heteroatoms. The molecule has 0 saturated carbocycles.